The van der Waals surface area contributed by atoms with Gasteiger partial charge in [0.25, 0.3) is 0 Å². The molecule has 2 amide bonds. The topological polar surface area (TPSA) is 75.7 Å². The molecular formula is C15H24N2O4S. The van der Waals surface area contributed by atoms with Crippen LogP contribution in [-0.4, -0.2) is 51.8 Å². The molecule has 0 fully saturated rings. The van der Waals surface area contributed by atoms with E-state index >= 15 is 0 Å². The molecule has 0 aliphatic carbocycles. The van der Waals surface area contributed by atoms with Crippen molar-refractivity contribution in [3.8, 4) is 5.75 Å². The lowest BCUT2D eigenvalue weighted by Gasteiger charge is -2.19. The van der Waals surface area contributed by atoms with Crippen LogP contribution in [0.4, 0.5) is 4.79 Å². The van der Waals surface area contributed by atoms with E-state index in [1.54, 1.807) is 24.1 Å². The molecule has 0 aliphatic rings. The Labute approximate surface area is 132 Å². The fourth-order valence-corrected chi connectivity index (χ4v) is 2.36. The molecule has 1 rings (SSSR count). The van der Waals surface area contributed by atoms with Gasteiger partial charge >= 0.3 is 6.03 Å². The van der Waals surface area contributed by atoms with E-state index in [0.29, 0.717) is 25.3 Å². The molecule has 0 saturated carbocycles. The molecule has 7 heteroatoms. The summed E-state index contributed by atoms with van der Waals surface area (Å²) in [6.07, 6.45) is 1.86. The maximum absolute atomic E-state index is 11.7. The maximum Gasteiger partial charge on any atom is 0.317 e. The summed E-state index contributed by atoms with van der Waals surface area (Å²) in [5.41, 5.74) is 0. The Bertz CT molecular complexity index is 582. The summed E-state index contributed by atoms with van der Waals surface area (Å²) in [6, 6.07) is 6.31. The van der Waals surface area contributed by atoms with Crippen LogP contribution in [0.15, 0.2) is 29.2 Å². The second-order valence-corrected chi connectivity index (χ2v) is 7.49. The van der Waals surface area contributed by atoms with Gasteiger partial charge in [-0.25, -0.2) is 13.2 Å². The van der Waals surface area contributed by atoms with Crippen LogP contribution in [-0.2, 0) is 9.84 Å². The number of hydrogen-bond donors (Lipinski definition) is 1. The van der Waals surface area contributed by atoms with Gasteiger partial charge in [0.2, 0.25) is 0 Å². The van der Waals surface area contributed by atoms with Crippen LogP contribution in [0.3, 0.4) is 0 Å². The van der Waals surface area contributed by atoms with Gasteiger partial charge in [0.15, 0.2) is 9.84 Å². The lowest BCUT2D eigenvalue weighted by molar-refractivity contribution is 0.201. The van der Waals surface area contributed by atoms with E-state index in [4.69, 9.17) is 4.74 Å². The van der Waals surface area contributed by atoms with E-state index in [9.17, 15) is 13.2 Å². The van der Waals surface area contributed by atoms with Crippen LogP contribution < -0.4 is 10.1 Å². The van der Waals surface area contributed by atoms with Crippen LogP contribution in [0.2, 0.25) is 0 Å². The molecule has 0 aromatic heterocycles. The van der Waals surface area contributed by atoms with Gasteiger partial charge in [-0.05, 0) is 44.5 Å². The van der Waals surface area contributed by atoms with Crippen molar-refractivity contribution in [2.75, 3.05) is 26.5 Å². The molecule has 1 aromatic carbocycles. The lowest BCUT2D eigenvalue weighted by atomic mass is 10.3. The summed E-state index contributed by atoms with van der Waals surface area (Å²) < 4.78 is 28.2. The Hall–Kier alpha value is -1.76. The first-order chi connectivity index (χ1) is 10.2. The number of nitrogens with one attached hydrogen (secondary N) is 1. The first-order valence-electron chi connectivity index (χ1n) is 7.14. The third-order valence-electron chi connectivity index (χ3n) is 2.92. The molecule has 0 radical (unpaired) electrons. The fourth-order valence-electron chi connectivity index (χ4n) is 1.73. The molecule has 6 nitrogen and oxygen atoms in total. The van der Waals surface area contributed by atoms with Crippen molar-refractivity contribution in [2.24, 2.45) is 0 Å². The standard InChI is InChI=1S/C15H24N2O4S/c1-12(2)16-15(18)17(3)10-5-11-21-13-6-8-14(9-7-13)22(4,19)20/h6-9,12H,5,10-11H2,1-4H3,(H,16,18). The molecule has 22 heavy (non-hydrogen) atoms. The number of hydrogen-bond acceptors (Lipinski definition) is 4. The van der Waals surface area contributed by atoms with Crippen LogP contribution in [0.1, 0.15) is 20.3 Å². The molecule has 0 aliphatic heterocycles. The highest BCUT2D eigenvalue weighted by atomic mass is 32.2. The monoisotopic (exact) mass is 328 g/mol. The molecule has 1 aromatic rings. The molecule has 0 unspecified atom stereocenters. The van der Waals surface area contributed by atoms with Gasteiger partial charge in [0.1, 0.15) is 5.75 Å². The van der Waals surface area contributed by atoms with E-state index in [0.717, 1.165) is 0 Å². The van der Waals surface area contributed by atoms with Crippen molar-refractivity contribution >= 4 is 15.9 Å². The normalized spacial score (nSPS) is 11.3. The third-order valence-corrected chi connectivity index (χ3v) is 4.05. The van der Waals surface area contributed by atoms with Gasteiger partial charge in [0.05, 0.1) is 11.5 Å². The minimum Gasteiger partial charge on any atom is -0.494 e. The SMILES string of the molecule is CC(C)NC(=O)N(C)CCCOc1ccc(S(C)(=O)=O)cc1. The average molecular weight is 328 g/mol. The Morgan fingerprint density at radius 1 is 1.27 bits per heavy atom. The fraction of sp³-hybridized carbons (Fsp3) is 0.533. The van der Waals surface area contributed by atoms with E-state index in [1.165, 1.54) is 18.4 Å². The van der Waals surface area contributed by atoms with Crippen LogP contribution in [0.25, 0.3) is 0 Å². The summed E-state index contributed by atoms with van der Waals surface area (Å²) in [6.45, 7) is 4.86. The van der Waals surface area contributed by atoms with Gasteiger partial charge in [-0.2, -0.15) is 0 Å². The van der Waals surface area contributed by atoms with E-state index in [2.05, 4.69) is 5.32 Å². The quantitative estimate of drug-likeness (QED) is 0.776. The first kappa shape index (κ1) is 18.3. The van der Waals surface area contributed by atoms with Crippen molar-refractivity contribution in [1.82, 2.24) is 10.2 Å². The number of benzene rings is 1. The number of ether oxygens (including phenoxy) is 1. The summed E-state index contributed by atoms with van der Waals surface area (Å²) in [7, 11) is -1.45. The molecule has 0 saturated heterocycles. The minimum absolute atomic E-state index is 0.104. The minimum atomic E-state index is -3.18. The Kier molecular flexibility index (Phi) is 6.67. The lowest BCUT2D eigenvalue weighted by Crippen LogP contribution is -2.41. The number of sulfone groups is 1. The molecule has 124 valence electrons. The predicted octanol–water partition coefficient (Wildman–Crippen LogP) is 1.91. The molecule has 0 bridgehead atoms. The molecule has 1 N–H and O–H groups in total. The van der Waals surface area contributed by atoms with Crippen molar-refractivity contribution in [1.29, 1.82) is 0 Å². The van der Waals surface area contributed by atoms with Crippen LogP contribution >= 0.6 is 0 Å². The van der Waals surface area contributed by atoms with Crippen LogP contribution in [0.5, 0.6) is 5.75 Å². The number of carbonyl (C=O) groups excluding carboxylic acids is 1. The summed E-state index contributed by atoms with van der Waals surface area (Å²) >= 11 is 0. The van der Waals surface area contributed by atoms with E-state index < -0.39 is 9.84 Å². The zero-order chi connectivity index (χ0) is 16.8. The van der Waals surface area contributed by atoms with Gasteiger partial charge in [-0.1, -0.05) is 0 Å². The number of rotatable bonds is 7. The maximum atomic E-state index is 11.7. The first-order valence-corrected chi connectivity index (χ1v) is 9.04. The molecular weight excluding hydrogens is 304 g/mol. The van der Waals surface area contributed by atoms with Gasteiger partial charge in [-0.3, -0.25) is 0 Å². The Morgan fingerprint density at radius 3 is 2.36 bits per heavy atom. The summed E-state index contributed by atoms with van der Waals surface area (Å²) in [5.74, 6) is 0.613. The van der Waals surface area contributed by atoms with E-state index in [1.807, 2.05) is 13.8 Å². The zero-order valence-corrected chi connectivity index (χ0v) is 14.3. The highest BCUT2D eigenvalue weighted by molar-refractivity contribution is 7.90. The number of urea groups is 1. The third kappa shape index (κ3) is 6.34. The smallest absolute Gasteiger partial charge is 0.317 e. The predicted molar refractivity (Wildman–Crippen MR) is 86.0 cm³/mol. The Balaban J connectivity index is 2.34. The summed E-state index contributed by atoms with van der Waals surface area (Å²) in [5, 5.41) is 2.81. The number of carbonyl (C=O) groups is 1. The summed E-state index contributed by atoms with van der Waals surface area (Å²) in [4.78, 5) is 13.5. The highest BCUT2D eigenvalue weighted by Crippen LogP contribution is 2.15. The zero-order valence-electron chi connectivity index (χ0n) is 13.5. The van der Waals surface area contributed by atoms with Crippen molar-refractivity contribution in [3.63, 3.8) is 0 Å². The number of nitrogens with zero attached hydrogens (tertiary/aromatic N) is 1. The van der Waals surface area contributed by atoms with Crippen molar-refractivity contribution < 1.29 is 17.9 Å². The number of amides is 2. The average Bonchev–Trinajstić information content (AvgIpc) is 2.42. The Morgan fingerprint density at radius 2 is 1.86 bits per heavy atom. The molecule has 0 atom stereocenters. The largest absolute Gasteiger partial charge is 0.494 e. The second-order valence-electron chi connectivity index (χ2n) is 5.47. The van der Waals surface area contributed by atoms with Gasteiger partial charge < -0.3 is 15.0 Å². The second kappa shape index (κ2) is 8.03. The van der Waals surface area contributed by atoms with Gasteiger partial charge in [-0.15, -0.1) is 0 Å². The van der Waals surface area contributed by atoms with Crippen molar-refractivity contribution in [2.45, 2.75) is 31.2 Å². The van der Waals surface area contributed by atoms with Gasteiger partial charge in [0, 0.05) is 25.9 Å². The van der Waals surface area contributed by atoms with Crippen molar-refractivity contribution in [3.05, 3.63) is 24.3 Å². The molecule has 0 spiro atoms. The molecule has 0 heterocycles. The van der Waals surface area contributed by atoms with E-state index in [-0.39, 0.29) is 17.0 Å². The van der Waals surface area contributed by atoms with Crippen LogP contribution in [0, 0.1) is 0 Å². The highest BCUT2D eigenvalue weighted by Gasteiger charge is 2.09.